The number of amides is 1. The van der Waals surface area contributed by atoms with Crippen molar-refractivity contribution in [3.63, 3.8) is 0 Å². The molecule has 194 valence electrons. The molecule has 0 bridgehead atoms. The van der Waals surface area contributed by atoms with E-state index in [0.29, 0.717) is 62.3 Å². The van der Waals surface area contributed by atoms with Crippen molar-refractivity contribution in [3.8, 4) is 11.5 Å². The lowest BCUT2D eigenvalue weighted by molar-refractivity contribution is -0.137. The SMILES string of the molecule is CCS(=O)(=O)c1ncc(N2CCOc3ccc(O[C@H]4CCN(C(=O)C5CCOCC5)C4)cc32)cc1F. The first-order chi connectivity index (χ1) is 17.4. The number of hydrogen-bond acceptors (Lipinski definition) is 8. The van der Waals surface area contributed by atoms with Crippen molar-refractivity contribution < 1.29 is 31.8 Å². The molecule has 0 unspecified atom stereocenters. The number of halogens is 1. The number of sulfone groups is 1. The topological polar surface area (TPSA) is 98.3 Å². The number of benzene rings is 1. The minimum Gasteiger partial charge on any atom is -0.490 e. The number of pyridine rings is 1. The number of fused-ring (bicyclic) bond motifs is 1. The van der Waals surface area contributed by atoms with Gasteiger partial charge in [-0.25, -0.2) is 17.8 Å². The lowest BCUT2D eigenvalue weighted by Crippen LogP contribution is -2.38. The highest BCUT2D eigenvalue weighted by atomic mass is 32.2. The molecule has 36 heavy (non-hydrogen) atoms. The van der Waals surface area contributed by atoms with E-state index in [-0.39, 0.29) is 23.7 Å². The molecule has 3 aliphatic rings. The van der Waals surface area contributed by atoms with E-state index in [9.17, 15) is 17.6 Å². The molecule has 1 amide bonds. The Morgan fingerprint density at radius 1 is 1.17 bits per heavy atom. The fourth-order valence-electron chi connectivity index (χ4n) is 4.89. The Balaban J connectivity index is 1.31. The summed E-state index contributed by atoms with van der Waals surface area (Å²) in [6, 6.07) is 6.64. The van der Waals surface area contributed by atoms with Crippen LogP contribution in [0.2, 0.25) is 0 Å². The number of anilines is 2. The molecule has 9 nitrogen and oxygen atoms in total. The summed E-state index contributed by atoms with van der Waals surface area (Å²) in [5.41, 5.74) is 1.11. The maximum absolute atomic E-state index is 14.7. The molecule has 11 heteroatoms. The van der Waals surface area contributed by atoms with Gasteiger partial charge in [-0.2, -0.15) is 0 Å². The van der Waals surface area contributed by atoms with Crippen molar-refractivity contribution in [1.82, 2.24) is 9.88 Å². The second kappa shape index (κ2) is 10.2. The first kappa shape index (κ1) is 24.8. The van der Waals surface area contributed by atoms with Gasteiger partial charge in [0.25, 0.3) is 0 Å². The van der Waals surface area contributed by atoms with E-state index in [1.165, 1.54) is 19.2 Å². The minimum atomic E-state index is -3.76. The molecule has 5 rings (SSSR count). The average Bonchev–Trinajstić information content (AvgIpc) is 3.36. The minimum absolute atomic E-state index is 0.0275. The largest absolute Gasteiger partial charge is 0.490 e. The van der Waals surface area contributed by atoms with Crippen LogP contribution in [0.5, 0.6) is 11.5 Å². The van der Waals surface area contributed by atoms with Gasteiger partial charge in [0.2, 0.25) is 5.91 Å². The number of nitrogens with zero attached hydrogens (tertiary/aromatic N) is 3. The number of hydrogen-bond donors (Lipinski definition) is 0. The lowest BCUT2D eigenvalue weighted by Gasteiger charge is -2.31. The zero-order valence-corrected chi connectivity index (χ0v) is 21.0. The third-order valence-corrected chi connectivity index (χ3v) is 8.55. The third-order valence-electron chi connectivity index (χ3n) is 6.90. The summed E-state index contributed by atoms with van der Waals surface area (Å²) in [5.74, 6) is 0.332. The van der Waals surface area contributed by atoms with E-state index < -0.39 is 20.7 Å². The molecule has 0 N–H and O–H groups in total. The molecule has 0 spiro atoms. The summed E-state index contributed by atoms with van der Waals surface area (Å²) in [4.78, 5) is 20.5. The van der Waals surface area contributed by atoms with Gasteiger partial charge in [0.15, 0.2) is 20.7 Å². The van der Waals surface area contributed by atoms with Crippen molar-refractivity contribution >= 4 is 27.1 Å². The molecule has 2 fully saturated rings. The highest BCUT2D eigenvalue weighted by Crippen LogP contribution is 2.40. The zero-order valence-electron chi connectivity index (χ0n) is 20.2. The first-order valence-corrected chi connectivity index (χ1v) is 14.0. The fourth-order valence-corrected chi connectivity index (χ4v) is 5.73. The number of likely N-dealkylation sites (tertiary alicyclic amines) is 1. The highest BCUT2D eigenvalue weighted by Gasteiger charge is 2.33. The predicted octanol–water partition coefficient (Wildman–Crippen LogP) is 2.95. The summed E-state index contributed by atoms with van der Waals surface area (Å²) >= 11 is 0. The molecule has 3 aliphatic heterocycles. The van der Waals surface area contributed by atoms with E-state index in [1.807, 2.05) is 21.9 Å². The second-order valence-electron chi connectivity index (χ2n) is 9.21. The van der Waals surface area contributed by atoms with Crippen LogP contribution in [0.3, 0.4) is 0 Å². The molecule has 1 aromatic heterocycles. The zero-order chi connectivity index (χ0) is 25.3. The van der Waals surface area contributed by atoms with E-state index >= 15 is 0 Å². The van der Waals surface area contributed by atoms with Gasteiger partial charge in [-0.1, -0.05) is 6.92 Å². The maximum Gasteiger partial charge on any atom is 0.225 e. The Labute approximate surface area is 210 Å². The molecule has 1 atom stereocenters. The molecule has 1 aromatic carbocycles. The van der Waals surface area contributed by atoms with Crippen molar-refractivity contribution in [2.24, 2.45) is 5.92 Å². The van der Waals surface area contributed by atoms with Crippen LogP contribution in [0.1, 0.15) is 26.2 Å². The van der Waals surface area contributed by atoms with Crippen molar-refractivity contribution in [3.05, 3.63) is 36.3 Å². The van der Waals surface area contributed by atoms with Crippen LogP contribution in [0.15, 0.2) is 35.5 Å². The van der Waals surface area contributed by atoms with Crippen molar-refractivity contribution in [2.45, 2.75) is 37.3 Å². The molecule has 0 saturated carbocycles. The van der Waals surface area contributed by atoms with E-state index in [4.69, 9.17) is 14.2 Å². The standard InChI is InChI=1S/C25H30FN3O6S/c1-2-36(31,32)24-21(26)13-18(15-27-24)29-9-12-34-23-4-3-19(14-22(23)29)35-20-5-8-28(16-20)25(30)17-6-10-33-11-7-17/h3-4,13-15,17,20H,2,5-12,16H2,1H3/t20-/m0/s1. The molecule has 0 aliphatic carbocycles. The molecule has 2 saturated heterocycles. The Morgan fingerprint density at radius 3 is 2.72 bits per heavy atom. The van der Waals surface area contributed by atoms with Crippen LogP contribution in [0.4, 0.5) is 15.8 Å². The van der Waals surface area contributed by atoms with Crippen LogP contribution in [-0.4, -0.2) is 75.5 Å². The molecular formula is C25H30FN3O6S. The molecule has 0 radical (unpaired) electrons. The second-order valence-corrected chi connectivity index (χ2v) is 11.4. The van der Waals surface area contributed by atoms with Crippen LogP contribution in [0.25, 0.3) is 0 Å². The van der Waals surface area contributed by atoms with Gasteiger partial charge in [0, 0.05) is 44.2 Å². The Morgan fingerprint density at radius 2 is 1.97 bits per heavy atom. The molecule has 4 heterocycles. The Bertz CT molecular complexity index is 1230. The smallest absolute Gasteiger partial charge is 0.225 e. The fraction of sp³-hybridized carbons (Fsp3) is 0.520. The van der Waals surface area contributed by atoms with E-state index in [1.54, 1.807) is 6.07 Å². The summed E-state index contributed by atoms with van der Waals surface area (Å²) in [6.07, 6.45) is 3.52. The van der Waals surface area contributed by atoms with E-state index in [2.05, 4.69) is 4.98 Å². The van der Waals surface area contributed by atoms with Crippen LogP contribution < -0.4 is 14.4 Å². The number of rotatable bonds is 6. The van der Waals surface area contributed by atoms with Gasteiger partial charge >= 0.3 is 0 Å². The summed E-state index contributed by atoms with van der Waals surface area (Å²) < 4.78 is 56.2. The quantitative estimate of drug-likeness (QED) is 0.575. The predicted molar refractivity (Wildman–Crippen MR) is 130 cm³/mol. The summed E-state index contributed by atoms with van der Waals surface area (Å²) in [5, 5.41) is -0.541. The van der Waals surface area contributed by atoms with Gasteiger partial charge in [-0.15, -0.1) is 0 Å². The number of carbonyl (C=O) groups is 1. The Hall–Kier alpha value is -2.92. The molecular weight excluding hydrogens is 489 g/mol. The van der Waals surface area contributed by atoms with Crippen molar-refractivity contribution in [2.75, 3.05) is 50.1 Å². The van der Waals surface area contributed by atoms with Gasteiger partial charge in [-0.3, -0.25) is 4.79 Å². The van der Waals surface area contributed by atoms with Crippen molar-refractivity contribution in [1.29, 1.82) is 0 Å². The van der Waals surface area contributed by atoms with Gasteiger partial charge in [0.05, 0.1) is 36.4 Å². The van der Waals surface area contributed by atoms with Crippen LogP contribution >= 0.6 is 0 Å². The summed E-state index contributed by atoms with van der Waals surface area (Å²) in [7, 11) is -3.76. The number of ether oxygens (including phenoxy) is 3. The lowest BCUT2D eigenvalue weighted by atomic mass is 9.99. The van der Waals surface area contributed by atoms with Crippen LogP contribution in [-0.2, 0) is 19.4 Å². The van der Waals surface area contributed by atoms with Crippen LogP contribution in [0, 0.1) is 11.7 Å². The Kier molecular flexibility index (Phi) is 7.03. The number of carbonyl (C=O) groups excluding carboxylic acids is 1. The molecule has 2 aromatic rings. The summed E-state index contributed by atoms with van der Waals surface area (Å²) in [6.45, 7) is 4.75. The van der Waals surface area contributed by atoms with Gasteiger partial charge in [0.1, 0.15) is 24.2 Å². The highest BCUT2D eigenvalue weighted by molar-refractivity contribution is 7.91. The number of aromatic nitrogens is 1. The average molecular weight is 520 g/mol. The van der Waals surface area contributed by atoms with Gasteiger partial charge in [-0.05, 0) is 25.0 Å². The third kappa shape index (κ3) is 4.99. The normalized spacial score (nSPS) is 20.7. The van der Waals surface area contributed by atoms with E-state index in [0.717, 1.165) is 19.3 Å². The first-order valence-electron chi connectivity index (χ1n) is 12.3. The maximum atomic E-state index is 14.7. The van der Waals surface area contributed by atoms with Gasteiger partial charge < -0.3 is 24.0 Å². The monoisotopic (exact) mass is 519 g/mol.